The quantitative estimate of drug-likeness (QED) is 0.270. The van der Waals surface area contributed by atoms with E-state index in [4.69, 9.17) is 9.47 Å². The standard InChI is InChI=1S/C34H29N3O4/c1-20-11-14-23(15-12-20)31-30(26-9-5-6-10-27(26)36-31)32-24-7-3-4-8-25(24)34(39)37(32)21(2)33(38)35-18-22-13-16-28-29(17-22)41-19-40-28/h3-17,21,32,36H,18-19H2,1-2H3,(H,35,38)/t21-,32+/m1/s1. The predicted octanol–water partition coefficient (Wildman–Crippen LogP) is 6.12. The first-order chi connectivity index (χ1) is 20.0. The first-order valence-corrected chi connectivity index (χ1v) is 13.7. The van der Waals surface area contributed by atoms with Gasteiger partial charge in [-0.3, -0.25) is 9.59 Å². The van der Waals surface area contributed by atoms with Crippen LogP contribution >= 0.6 is 0 Å². The Morgan fingerprint density at radius 2 is 1.73 bits per heavy atom. The third kappa shape index (κ3) is 4.21. The zero-order chi connectivity index (χ0) is 28.1. The van der Waals surface area contributed by atoms with Crippen molar-refractivity contribution < 1.29 is 19.1 Å². The number of carbonyl (C=O) groups is 2. The SMILES string of the molecule is Cc1ccc(-c2[nH]c3ccccc3c2[C@@H]2c3ccccc3C(=O)N2[C@H](C)C(=O)NCc2ccc3c(c2)OCO3)cc1. The number of nitrogens with one attached hydrogen (secondary N) is 2. The molecule has 5 aromatic rings. The lowest BCUT2D eigenvalue weighted by Gasteiger charge is -2.31. The molecule has 0 radical (unpaired) electrons. The lowest BCUT2D eigenvalue weighted by Crippen LogP contribution is -2.46. The van der Waals surface area contributed by atoms with Gasteiger partial charge in [0.1, 0.15) is 6.04 Å². The van der Waals surface area contributed by atoms with Gasteiger partial charge in [-0.15, -0.1) is 0 Å². The van der Waals surface area contributed by atoms with Crippen molar-refractivity contribution in [3.05, 3.63) is 119 Å². The van der Waals surface area contributed by atoms with Crippen molar-refractivity contribution >= 4 is 22.7 Å². The highest BCUT2D eigenvalue weighted by atomic mass is 16.7. The smallest absolute Gasteiger partial charge is 0.255 e. The van der Waals surface area contributed by atoms with Crippen molar-refractivity contribution in [3.8, 4) is 22.8 Å². The van der Waals surface area contributed by atoms with Crippen LogP contribution in [-0.2, 0) is 11.3 Å². The Hall–Kier alpha value is -5.04. The molecule has 2 atom stereocenters. The minimum Gasteiger partial charge on any atom is -0.454 e. The molecule has 7 heteroatoms. The van der Waals surface area contributed by atoms with Gasteiger partial charge < -0.3 is 24.7 Å². The highest BCUT2D eigenvalue weighted by Gasteiger charge is 2.44. The van der Waals surface area contributed by atoms with Crippen LogP contribution in [0.15, 0.2) is 91.0 Å². The van der Waals surface area contributed by atoms with E-state index in [0.717, 1.165) is 38.9 Å². The Kier molecular flexibility index (Phi) is 6.00. The zero-order valence-electron chi connectivity index (χ0n) is 22.8. The van der Waals surface area contributed by atoms with Crippen LogP contribution in [0.3, 0.4) is 0 Å². The molecule has 2 aliphatic heterocycles. The fourth-order valence-electron chi connectivity index (χ4n) is 5.94. The monoisotopic (exact) mass is 543 g/mol. The molecule has 2 aliphatic rings. The van der Waals surface area contributed by atoms with Crippen LogP contribution in [0.2, 0.25) is 0 Å². The van der Waals surface area contributed by atoms with Crippen molar-refractivity contribution in [2.75, 3.05) is 6.79 Å². The first kappa shape index (κ1) is 25.0. The second kappa shape index (κ2) is 9.86. The van der Waals surface area contributed by atoms with Crippen LogP contribution in [0.1, 0.15) is 45.6 Å². The van der Waals surface area contributed by atoms with Crippen LogP contribution in [-0.4, -0.2) is 34.5 Å². The maximum Gasteiger partial charge on any atom is 0.255 e. The molecule has 0 saturated carbocycles. The van der Waals surface area contributed by atoms with E-state index in [0.29, 0.717) is 23.6 Å². The third-order valence-electron chi connectivity index (χ3n) is 8.06. The number of H-pyrrole nitrogens is 1. The van der Waals surface area contributed by atoms with E-state index in [-0.39, 0.29) is 18.6 Å². The molecule has 4 aromatic carbocycles. The van der Waals surface area contributed by atoms with Gasteiger partial charge in [0.15, 0.2) is 11.5 Å². The maximum absolute atomic E-state index is 14.0. The molecule has 0 bridgehead atoms. The van der Waals surface area contributed by atoms with Gasteiger partial charge >= 0.3 is 0 Å². The van der Waals surface area contributed by atoms with Gasteiger partial charge in [0.2, 0.25) is 12.7 Å². The average Bonchev–Trinajstić information content (AvgIpc) is 3.70. The molecule has 2 N–H and O–H groups in total. The molecule has 7 nitrogen and oxygen atoms in total. The van der Waals surface area contributed by atoms with Crippen LogP contribution in [0.4, 0.5) is 0 Å². The van der Waals surface area contributed by atoms with Gasteiger partial charge in [-0.2, -0.15) is 0 Å². The number of amides is 2. The van der Waals surface area contributed by atoms with Gasteiger partial charge in [0, 0.05) is 28.6 Å². The van der Waals surface area contributed by atoms with Crippen LogP contribution < -0.4 is 14.8 Å². The lowest BCUT2D eigenvalue weighted by molar-refractivity contribution is -0.125. The summed E-state index contributed by atoms with van der Waals surface area (Å²) in [6, 6.07) is 28.6. The van der Waals surface area contributed by atoms with E-state index < -0.39 is 12.1 Å². The van der Waals surface area contributed by atoms with Gasteiger partial charge in [-0.05, 0) is 54.8 Å². The number of hydrogen-bond acceptors (Lipinski definition) is 4. The lowest BCUT2D eigenvalue weighted by atomic mass is 9.92. The van der Waals surface area contributed by atoms with Gasteiger partial charge in [-0.25, -0.2) is 0 Å². The van der Waals surface area contributed by atoms with Crippen LogP contribution in [0, 0.1) is 6.92 Å². The Bertz CT molecular complexity index is 1810. The van der Waals surface area contributed by atoms with Crippen LogP contribution in [0.5, 0.6) is 11.5 Å². The second-order valence-electron chi connectivity index (χ2n) is 10.6. The molecule has 0 fully saturated rings. The Morgan fingerprint density at radius 1 is 0.976 bits per heavy atom. The fraction of sp³-hybridized carbons (Fsp3) is 0.176. The summed E-state index contributed by atoms with van der Waals surface area (Å²) in [5.74, 6) is 0.972. The normalized spacial score (nSPS) is 16.2. The Labute approximate surface area is 237 Å². The minimum absolute atomic E-state index is 0.156. The van der Waals surface area contributed by atoms with E-state index in [9.17, 15) is 9.59 Å². The predicted molar refractivity (Wildman–Crippen MR) is 157 cm³/mol. The van der Waals surface area contributed by atoms with Crippen LogP contribution in [0.25, 0.3) is 22.2 Å². The molecular formula is C34H29N3O4. The molecule has 1 aromatic heterocycles. The number of benzene rings is 4. The van der Waals surface area contributed by atoms with Crippen molar-refractivity contribution in [2.24, 2.45) is 0 Å². The Morgan fingerprint density at radius 3 is 2.59 bits per heavy atom. The second-order valence-corrected chi connectivity index (χ2v) is 10.6. The zero-order valence-corrected chi connectivity index (χ0v) is 22.8. The van der Waals surface area contributed by atoms with Gasteiger partial charge in [0.05, 0.1) is 11.7 Å². The number of aryl methyl sites for hydroxylation is 1. The van der Waals surface area contributed by atoms with E-state index in [1.165, 1.54) is 5.56 Å². The largest absolute Gasteiger partial charge is 0.454 e. The summed E-state index contributed by atoms with van der Waals surface area (Å²) < 4.78 is 10.9. The summed E-state index contributed by atoms with van der Waals surface area (Å²) in [6.07, 6.45) is 0. The van der Waals surface area contributed by atoms with Crippen molar-refractivity contribution in [1.29, 1.82) is 0 Å². The molecule has 3 heterocycles. The highest BCUT2D eigenvalue weighted by Crippen LogP contribution is 2.46. The van der Waals surface area contributed by atoms with Crippen molar-refractivity contribution in [2.45, 2.75) is 32.5 Å². The molecule has 0 spiro atoms. The number of aromatic nitrogens is 1. The molecule has 0 saturated heterocycles. The van der Waals surface area contributed by atoms with Gasteiger partial charge in [-0.1, -0.05) is 72.3 Å². The highest BCUT2D eigenvalue weighted by molar-refractivity contribution is 6.04. The number of hydrogen-bond donors (Lipinski definition) is 2. The summed E-state index contributed by atoms with van der Waals surface area (Å²) in [6.45, 7) is 4.36. The minimum atomic E-state index is -0.728. The van der Waals surface area contributed by atoms with E-state index in [1.807, 2.05) is 60.7 Å². The van der Waals surface area contributed by atoms with Gasteiger partial charge in [0.25, 0.3) is 5.91 Å². The molecule has 7 rings (SSSR count). The molecule has 0 aliphatic carbocycles. The van der Waals surface area contributed by atoms with Crippen molar-refractivity contribution in [1.82, 2.24) is 15.2 Å². The average molecular weight is 544 g/mol. The first-order valence-electron chi connectivity index (χ1n) is 13.7. The third-order valence-corrected chi connectivity index (χ3v) is 8.06. The molecule has 41 heavy (non-hydrogen) atoms. The Balaban J connectivity index is 1.28. The fourth-order valence-corrected chi connectivity index (χ4v) is 5.94. The van der Waals surface area contributed by atoms with E-state index in [1.54, 1.807) is 11.8 Å². The molecule has 0 unspecified atom stereocenters. The summed E-state index contributed by atoms with van der Waals surface area (Å²) >= 11 is 0. The summed E-state index contributed by atoms with van der Waals surface area (Å²) in [4.78, 5) is 33.0. The number of ether oxygens (including phenoxy) is 2. The summed E-state index contributed by atoms with van der Waals surface area (Å²) in [5.41, 5.74) is 7.51. The van der Waals surface area contributed by atoms with E-state index >= 15 is 0 Å². The summed E-state index contributed by atoms with van der Waals surface area (Å²) in [5, 5.41) is 4.06. The topological polar surface area (TPSA) is 83.7 Å². The number of fused-ring (bicyclic) bond motifs is 3. The van der Waals surface area contributed by atoms with E-state index in [2.05, 4.69) is 47.6 Å². The number of para-hydroxylation sites is 1. The number of aromatic amines is 1. The number of nitrogens with zero attached hydrogens (tertiary/aromatic N) is 1. The molecular weight excluding hydrogens is 514 g/mol. The number of rotatable bonds is 6. The van der Waals surface area contributed by atoms with Crippen molar-refractivity contribution in [3.63, 3.8) is 0 Å². The maximum atomic E-state index is 14.0. The molecule has 204 valence electrons. The molecule has 2 amide bonds. The number of carbonyl (C=O) groups excluding carboxylic acids is 2. The summed E-state index contributed by atoms with van der Waals surface area (Å²) in [7, 11) is 0.